The van der Waals surface area contributed by atoms with E-state index in [1.165, 1.54) is 11.3 Å². The molecule has 0 aliphatic carbocycles. The van der Waals surface area contributed by atoms with E-state index in [-0.39, 0.29) is 0 Å². The Labute approximate surface area is 142 Å². The predicted octanol–water partition coefficient (Wildman–Crippen LogP) is 4.77. The van der Waals surface area contributed by atoms with Gasteiger partial charge in [0.1, 0.15) is 11.3 Å². The van der Waals surface area contributed by atoms with Crippen LogP contribution in [-0.2, 0) is 0 Å². The molecule has 2 N–H and O–H groups in total. The number of fused-ring (bicyclic) bond motifs is 1. The number of benzene rings is 2. The molecule has 0 amide bonds. The quantitative estimate of drug-likeness (QED) is 0.667. The second-order valence-corrected chi connectivity index (χ2v) is 6.23. The number of thiazole rings is 1. The second kappa shape index (κ2) is 6.48. The van der Waals surface area contributed by atoms with Gasteiger partial charge in [-0.3, -0.25) is 0 Å². The third-order valence-electron chi connectivity index (χ3n) is 2.95. The average molecular weight is 350 g/mol. The normalized spacial score (nSPS) is 10.5. The van der Waals surface area contributed by atoms with Crippen LogP contribution in [0.25, 0.3) is 10.2 Å². The molecule has 7 heteroatoms. The fraction of sp³-hybridized carbons (Fsp3) is 0.0667. The standard InChI is InChI=1S/C15H12ClN3OS2/c1-20-11-7-3-2-6-10(11)17-14(21)19-15-18-13-9(16)5-4-8-12(13)22-15/h2-8H,1H3,(H2,17,18,19,21). The first-order valence-electron chi connectivity index (χ1n) is 6.43. The van der Waals surface area contributed by atoms with E-state index in [9.17, 15) is 0 Å². The molecule has 22 heavy (non-hydrogen) atoms. The number of nitrogens with zero attached hydrogens (tertiary/aromatic N) is 1. The number of nitrogens with one attached hydrogen (secondary N) is 2. The molecule has 0 saturated carbocycles. The summed E-state index contributed by atoms with van der Waals surface area (Å²) >= 11 is 12.9. The van der Waals surface area contributed by atoms with E-state index in [1.54, 1.807) is 7.11 Å². The van der Waals surface area contributed by atoms with Crippen molar-refractivity contribution >= 4 is 61.3 Å². The van der Waals surface area contributed by atoms with Gasteiger partial charge in [-0.05, 0) is 36.5 Å². The summed E-state index contributed by atoms with van der Waals surface area (Å²) in [4.78, 5) is 4.45. The summed E-state index contributed by atoms with van der Waals surface area (Å²) in [5, 5.41) is 7.93. The molecule has 0 radical (unpaired) electrons. The first-order valence-corrected chi connectivity index (χ1v) is 8.04. The summed E-state index contributed by atoms with van der Waals surface area (Å²) in [5.41, 5.74) is 1.57. The smallest absolute Gasteiger partial charge is 0.190 e. The average Bonchev–Trinajstić information content (AvgIpc) is 2.91. The summed E-state index contributed by atoms with van der Waals surface area (Å²) in [6.07, 6.45) is 0. The Hall–Kier alpha value is -1.89. The lowest BCUT2D eigenvalue weighted by Crippen LogP contribution is -2.19. The molecule has 0 saturated heterocycles. The van der Waals surface area contributed by atoms with Crippen LogP contribution < -0.4 is 15.4 Å². The minimum atomic E-state index is 0.444. The number of hydrogen-bond acceptors (Lipinski definition) is 4. The van der Waals surface area contributed by atoms with Crippen LogP contribution >= 0.6 is 35.2 Å². The second-order valence-electron chi connectivity index (χ2n) is 4.39. The van der Waals surface area contributed by atoms with E-state index in [2.05, 4.69) is 15.6 Å². The summed E-state index contributed by atoms with van der Waals surface area (Å²) in [7, 11) is 1.62. The molecule has 2 aromatic carbocycles. The monoisotopic (exact) mass is 349 g/mol. The lowest BCUT2D eigenvalue weighted by atomic mass is 10.3. The van der Waals surface area contributed by atoms with Crippen LogP contribution in [0.2, 0.25) is 5.02 Å². The number of anilines is 2. The van der Waals surface area contributed by atoms with Crippen LogP contribution in [0, 0.1) is 0 Å². The first kappa shape index (κ1) is 15.0. The van der Waals surface area contributed by atoms with E-state index >= 15 is 0 Å². The summed E-state index contributed by atoms with van der Waals surface area (Å²) < 4.78 is 6.29. The van der Waals surface area contributed by atoms with Crippen LogP contribution in [0.4, 0.5) is 10.8 Å². The van der Waals surface area contributed by atoms with Gasteiger partial charge in [-0.2, -0.15) is 0 Å². The number of thiocarbonyl (C=S) groups is 1. The number of hydrogen-bond donors (Lipinski definition) is 2. The highest BCUT2D eigenvalue weighted by Crippen LogP contribution is 2.31. The highest BCUT2D eigenvalue weighted by Gasteiger charge is 2.09. The topological polar surface area (TPSA) is 46.2 Å². The molecule has 0 fully saturated rings. The van der Waals surface area contributed by atoms with Gasteiger partial charge in [-0.15, -0.1) is 0 Å². The van der Waals surface area contributed by atoms with E-state index in [0.29, 0.717) is 15.3 Å². The number of methoxy groups -OCH3 is 1. The Balaban J connectivity index is 1.77. The third-order valence-corrected chi connectivity index (χ3v) is 4.39. The van der Waals surface area contributed by atoms with Crippen molar-refractivity contribution in [1.29, 1.82) is 0 Å². The van der Waals surface area contributed by atoms with Gasteiger partial charge in [0.05, 0.1) is 22.5 Å². The van der Waals surface area contributed by atoms with E-state index in [0.717, 1.165) is 21.7 Å². The number of para-hydroxylation sites is 3. The fourth-order valence-corrected chi connectivity index (χ4v) is 3.41. The molecule has 1 heterocycles. The minimum Gasteiger partial charge on any atom is -0.495 e. The maximum Gasteiger partial charge on any atom is 0.190 e. The van der Waals surface area contributed by atoms with Crippen LogP contribution in [0.1, 0.15) is 0 Å². The molecule has 112 valence electrons. The third kappa shape index (κ3) is 3.14. The van der Waals surface area contributed by atoms with Crippen LogP contribution in [0.3, 0.4) is 0 Å². The van der Waals surface area contributed by atoms with E-state index < -0.39 is 0 Å². The Morgan fingerprint density at radius 2 is 2.00 bits per heavy atom. The molecule has 1 aromatic heterocycles. The summed E-state index contributed by atoms with van der Waals surface area (Å²) in [6.45, 7) is 0. The maximum absolute atomic E-state index is 6.13. The van der Waals surface area contributed by atoms with Gasteiger partial charge in [0.15, 0.2) is 10.2 Å². The Morgan fingerprint density at radius 3 is 2.77 bits per heavy atom. The van der Waals surface area contributed by atoms with Crippen molar-refractivity contribution in [2.24, 2.45) is 0 Å². The molecule has 4 nitrogen and oxygen atoms in total. The molecule has 3 rings (SSSR count). The largest absolute Gasteiger partial charge is 0.495 e. The molecule has 0 spiro atoms. The zero-order chi connectivity index (χ0) is 15.5. The van der Waals surface area contributed by atoms with Crippen molar-refractivity contribution in [3.63, 3.8) is 0 Å². The fourth-order valence-electron chi connectivity index (χ4n) is 1.97. The van der Waals surface area contributed by atoms with Gasteiger partial charge in [0.25, 0.3) is 0 Å². The lowest BCUT2D eigenvalue weighted by molar-refractivity contribution is 0.417. The van der Waals surface area contributed by atoms with Crippen molar-refractivity contribution < 1.29 is 4.74 Å². The highest BCUT2D eigenvalue weighted by atomic mass is 35.5. The van der Waals surface area contributed by atoms with Gasteiger partial charge < -0.3 is 15.4 Å². The molecule has 0 bridgehead atoms. The van der Waals surface area contributed by atoms with Crippen LogP contribution in [0.5, 0.6) is 5.75 Å². The molecule has 0 aliphatic heterocycles. The number of ether oxygens (including phenoxy) is 1. The zero-order valence-electron chi connectivity index (χ0n) is 11.6. The summed E-state index contributed by atoms with van der Waals surface area (Å²) in [5.74, 6) is 0.721. The zero-order valence-corrected chi connectivity index (χ0v) is 14.0. The maximum atomic E-state index is 6.13. The molecule has 0 unspecified atom stereocenters. The van der Waals surface area contributed by atoms with Crippen LogP contribution in [0.15, 0.2) is 42.5 Å². The lowest BCUT2D eigenvalue weighted by Gasteiger charge is -2.11. The molecule has 0 atom stereocenters. The molecule has 3 aromatic rings. The van der Waals surface area contributed by atoms with E-state index in [4.69, 9.17) is 28.6 Å². The molecular formula is C15H12ClN3OS2. The van der Waals surface area contributed by atoms with Gasteiger partial charge in [-0.25, -0.2) is 4.98 Å². The molecular weight excluding hydrogens is 338 g/mol. The van der Waals surface area contributed by atoms with Crippen molar-refractivity contribution in [2.45, 2.75) is 0 Å². The van der Waals surface area contributed by atoms with Gasteiger partial charge in [0, 0.05) is 0 Å². The van der Waals surface area contributed by atoms with Crippen molar-refractivity contribution in [3.05, 3.63) is 47.5 Å². The van der Waals surface area contributed by atoms with Crippen molar-refractivity contribution in [2.75, 3.05) is 17.7 Å². The Morgan fingerprint density at radius 1 is 1.18 bits per heavy atom. The SMILES string of the molecule is COc1ccccc1NC(=S)Nc1nc2c(Cl)cccc2s1. The number of halogens is 1. The van der Waals surface area contributed by atoms with Crippen LogP contribution in [-0.4, -0.2) is 17.2 Å². The van der Waals surface area contributed by atoms with E-state index in [1.807, 2.05) is 42.5 Å². The predicted molar refractivity (Wildman–Crippen MR) is 97.5 cm³/mol. The summed E-state index contributed by atoms with van der Waals surface area (Å²) in [6, 6.07) is 13.3. The van der Waals surface area contributed by atoms with Crippen molar-refractivity contribution in [1.82, 2.24) is 4.98 Å². The van der Waals surface area contributed by atoms with Gasteiger partial charge >= 0.3 is 0 Å². The van der Waals surface area contributed by atoms with Gasteiger partial charge in [0.2, 0.25) is 0 Å². The first-order chi connectivity index (χ1) is 10.7. The Kier molecular flexibility index (Phi) is 4.42. The van der Waals surface area contributed by atoms with Gasteiger partial charge in [-0.1, -0.05) is 41.1 Å². The highest BCUT2D eigenvalue weighted by molar-refractivity contribution is 7.80. The Bertz CT molecular complexity index is 835. The number of rotatable bonds is 3. The minimum absolute atomic E-state index is 0.444. The van der Waals surface area contributed by atoms with Crippen molar-refractivity contribution in [3.8, 4) is 5.75 Å². The molecule has 0 aliphatic rings. The number of aromatic nitrogens is 1.